The minimum atomic E-state index is -4.19. The lowest BCUT2D eigenvalue weighted by Gasteiger charge is -2.57. The van der Waals surface area contributed by atoms with Gasteiger partial charge in [0.05, 0.1) is 6.07 Å². The molecule has 0 bridgehead atoms. The molecule has 150 valence electrons. The van der Waals surface area contributed by atoms with Crippen LogP contribution in [0.1, 0.15) is 72.1 Å². The number of ketones is 1. The van der Waals surface area contributed by atoms with Crippen LogP contribution in [0.3, 0.4) is 0 Å². The fourth-order valence-corrected chi connectivity index (χ4v) is 7.06. The molecule has 0 saturated heterocycles. The van der Waals surface area contributed by atoms with E-state index in [1.807, 2.05) is 13.8 Å². The maximum absolute atomic E-state index is 13.3. The molecule has 0 aromatic heterocycles. The zero-order chi connectivity index (χ0) is 20.0. The van der Waals surface area contributed by atoms with E-state index in [1.165, 1.54) is 0 Å². The van der Waals surface area contributed by atoms with Crippen molar-refractivity contribution in [2.45, 2.75) is 78.3 Å². The van der Waals surface area contributed by atoms with Crippen LogP contribution in [-0.2, 0) is 4.79 Å². The number of hydrogen-bond acceptors (Lipinski definition) is 2. The molecular formula is C22H30F3NO. The van der Waals surface area contributed by atoms with Crippen molar-refractivity contribution in [3.63, 3.8) is 0 Å². The van der Waals surface area contributed by atoms with Crippen LogP contribution in [0.4, 0.5) is 13.2 Å². The van der Waals surface area contributed by atoms with Gasteiger partial charge in [-0.25, -0.2) is 0 Å². The molecule has 5 heteroatoms. The zero-order valence-electron chi connectivity index (χ0n) is 16.5. The van der Waals surface area contributed by atoms with Crippen molar-refractivity contribution < 1.29 is 18.0 Å². The average molecular weight is 381 g/mol. The van der Waals surface area contributed by atoms with Crippen molar-refractivity contribution in [2.24, 2.45) is 34.5 Å². The lowest BCUT2D eigenvalue weighted by Crippen LogP contribution is -2.55. The van der Waals surface area contributed by atoms with Crippen LogP contribution in [0.5, 0.6) is 0 Å². The van der Waals surface area contributed by atoms with Crippen molar-refractivity contribution in [3.8, 4) is 6.07 Å². The Labute approximate surface area is 160 Å². The van der Waals surface area contributed by atoms with Gasteiger partial charge in [-0.1, -0.05) is 32.8 Å². The summed E-state index contributed by atoms with van der Waals surface area (Å²) in [5.74, 6) is -0.141. The highest BCUT2D eigenvalue weighted by Gasteiger charge is 2.62. The number of rotatable bonds is 3. The summed E-state index contributed by atoms with van der Waals surface area (Å²) in [4.78, 5) is 13.3. The number of allylic oxidation sites excluding steroid dienone is 2. The van der Waals surface area contributed by atoms with Crippen LogP contribution in [0.15, 0.2) is 11.6 Å². The molecule has 0 N–H and O–H groups in total. The minimum Gasteiger partial charge on any atom is -0.299 e. The molecule has 3 aliphatic rings. The van der Waals surface area contributed by atoms with Crippen molar-refractivity contribution in [1.29, 1.82) is 5.26 Å². The smallest absolute Gasteiger partial charge is 0.299 e. The number of nitrogens with zero attached hydrogens (tertiary/aromatic N) is 1. The lowest BCUT2D eigenvalue weighted by molar-refractivity contribution is -0.179. The number of hydrogen-bond donors (Lipinski definition) is 0. The molecule has 3 fully saturated rings. The molecule has 6 atom stereocenters. The second-order valence-electron chi connectivity index (χ2n) is 9.50. The van der Waals surface area contributed by atoms with Crippen LogP contribution in [0.2, 0.25) is 0 Å². The first-order valence-corrected chi connectivity index (χ1v) is 10.3. The summed E-state index contributed by atoms with van der Waals surface area (Å²) in [6.07, 6.45) is 1.53. The van der Waals surface area contributed by atoms with E-state index in [-0.39, 0.29) is 23.0 Å². The molecule has 0 spiro atoms. The van der Waals surface area contributed by atoms with Gasteiger partial charge in [-0.05, 0) is 60.7 Å². The standard InChI is InChI=1S/C22H30F3NO/c1-4-10-20(2)15(12-22(23,24)25)5-7-16-17-8-6-14(9-11-26)21(17,3)13-18(27)19(16)20/h9,15-17,19H,4-8,10,12-13H2,1-3H3/b14-9-. The van der Waals surface area contributed by atoms with Gasteiger partial charge in [0.15, 0.2) is 0 Å². The molecule has 0 radical (unpaired) electrons. The summed E-state index contributed by atoms with van der Waals surface area (Å²) in [5, 5.41) is 9.11. The third-order valence-electron chi connectivity index (χ3n) is 8.11. The van der Waals surface area contributed by atoms with E-state index in [2.05, 4.69) is 13.0 Å². The Bertz CT molecular complexity index is 676. The Morgan fingerprint density at radius 3 is 2.56 bits per heavy atom. The minimum absolute atomic E-state index is 0.132. The van der Waals surface area contributed by atoms with Crippen molar-refractivity contribution >= 4 is 5.78 Å². The number of fused-ring (bicyclic) bond motifs is 3. The molecule has 27 heavy (non-hydrogen) atoms. The summed E-state index contributed by atoms with van der Waals surface area (Å²) in [7, 11) is 0. The van der Waals surface area contributed by atoms with Gasteiger partial charge < -0.3 is 0 Å². The Balaban J connectivity index is 1.98. The first-order valence-electron chi connectivity index (χ1n) is 10.3. The summed E-state index contributed by atoms with van der Waals surface area (Å²) in [5.41, 5.74) is 0.210. The summed E-state index contributed by atoms with van der Waals surface area (Å²) in [6.45, 7) is 6.05. The molecular weight excluding hydrogens is 351 g/mol. The largest absolute Gasteiger partial charge is 0.389 e. The monoisotopic (exact) mass is 381 g/mol. The van der Waals surface area contributed by atoms with E-state index in [4.69, 9.17) is 5.26 Å². The second kappa shape index (κ2) is 6.94. The first kappa shape index (κ1) is 20.4. The van der Waals surface area contributed by atoms with Gasteiger partial charge in [0.2, 0.25) is 0 Å². The molecule has 0 aromatic carbocycles. The van der Waals surface area contributed by atoms with Gasteiger partial charge in [0, 0.05) is 24.8 Å². The van der Waals surface area contributed by atoms with Crippen LogP contribution in [0, 0.1) is 45.8 Å². The quantitative estimate of drug-likeness (QED) is 0.544. The van der Waals surface area contributed by atoms with E-state index in [0.717, 1.165) is 24.8 Å². The zero-order valence-corrected chi connectivity index (χ0v) is 16.5. The second-order valence-corrected chi connectivity index (χ2v) is 9.50. The molecule has 0 aliphatic heterocycles. The number of Topliss-reactive ketones (excluding diaryl/α,β-unsaturated/α-hetero) is 1. The molecule has 3 saturated carbocycles. The van der Waals surface area contributed by atoms with Gasteiger partial charge in [-0.2, -0.15) is 18.4 Å². The van der Waals surface area contributed by atoms with Crippen LogP contribution in [0.25, 0.3) is 0 Å². The van der Waals surface area contributed by atoms with Gasteiger partial charge in [0.1, 0.15) is 5.78 Å². The van der Waals surface area contributed by atoms with Gasteiger partial charge in [0.25, 0.3) is 0 Å². The summed E-state index contributed by atoms with van der Waals surface area (Å²) >= 11 is 0. The van der Waals surface area contributed by atoms with Crippen LogP contribution >= 0.6 is 0 Å². The average Bonchev–Trinajstić information content (AvgIpc) is 2.86. The molecule has 6 unspecified atom stereocenters. The first-order chi connectivity index (χ1) is 12.6. The molecule has 2 nitrogen and oxygen atoms in total. The van der Waals surface area contributed by atoms with Gasteiger partial charge >= 0.3 is 6.18 Å². The van der Waals surface area contributed by atoms with E-state index in [0.29, 0.717) is 31.6 Å². The summed E-state index contributed by atoms with van der Waals surface area (Å²) in [6, 6.07) is 2.13. The normalized spacial score (nSPS) is 43.3. The fraction of sp³-hybridized carbons (Fsp3) is 0.818. The van der Waals surface area contributed by atoms with Crippen LogP contribution < -0.4 is 0 Å². The van der Waals surface area contributed by atoms with Gasteiger partial charge in [-0.3, -0.25) is 4.79 Å². The van der Waals surface area contributed by atoms with Crippen molar-refractivity contribution in [2.75, 3.05) is 0 Å². The Hall–Kier alpha value is -1.31. The number of halogens is 3. The van der Waals surface area contributed by atoms with E-state index < -0.39 is 23.9 Å². The third-order valence-corrected chi connectivity index (χ3v) is 8.11. The molecule has 0 aromatic rings. The maximum atomic E-state index is 13.3. The highest BCUT2D eigenvalue weighted by molar-refractivity contribution is 5.85. The number of alkyl halides is 3. The van der Waals surface area contributed by atoms with E-state index in [9.17, 15) is 18.0 Å². The Kier molecular flexibility index (Phi) is 5.25. The number of carbonyl (C=O) groups is 1. The third kappa shape index (κ3) is 3.34. The van der Waals surface area contributed by atoms with Crippen molar-refractivity contribution in [3.05, 3.63) is 11.6 Å². The maximum Gasteiger partial charge on any atom is 0.389 e. The Morgan fingerprint density at radius 2 is 1.96 bits per heavy atom. The van der Waals surface area contributed by atoms with Crippen molar-refractivity contribution in [1.82, 2.24) is 0 Å². The molecule has 0 amide bonds. The summed E-state index contributed by atoms with van der Waals surface area (Å²) < 4.78 is 39.7. The molecule has 0 heterocycles. The highest BCUT2D eigenvalue weighted by atomic mass is 19.4. The van der Waals surface area contributed by atoms with Crippen LogP contribution in [-0.4, -0.2) is 12.0 Å². The molecule has 3 rings (SSSR count). The molecule has 3 aliphatic carbocycles. The fourth-order valence-electron chi connectivity index (χ4n) is 7.06. The van der Waals surface area contributed by atoms with Gasteiger partial charge in [-0.15, -0.1) is 0 Å². The predicted molar refractivity (Wildman–Crippen MR) is 97.5 cm³/mol. The topological polar surface area (TPSA) is 40.9 Å². The van der Waals surface area contributed by atoms with E-state index >= 15 is 0 Å². The lowest BCUT2D eigenvalue weighted by atomic mass is 9.46. The highest BCUT2D eigenvalue weighted by Crippen LogP contribution is 2.65. The SMILES string of the molecule is CCCC1(C)C(CC(F)(F)F)CCC2C3CC/C(=C/C#N)C3(C)CC(=O)C21. The number of nitriles is 1. The predicted octanol–water partition coefficient (Wildman–Crippen LogP) is 6.23. The Morgan fingerprint density at radius 1 is 1.26 bits per heavy atom. The van der Waals surface area contributed by atoms with E-state index in [1.54, 1.807) is 6.08 Å². The number of carbonyl (C=O) groups excluding carboxylic acids is 1.